The molecule has 1 aromatic carbocycles. The van der Waals surface area contributed by atoms with Crippen molar-refractivity contribution >= 4 is 40.8 Å². The predicted molar refractivity (Wildman–Crippen MR) is 111 cm³/mol. The number of fused-ring (bicyclic) bond motifs is 1. The van der Waals surface area contributed by atoms with E-state index in [1.807, 2.05) is 0 Å². The van der Waals surface area contributed by atoms with Crippen LogP contribution in [0.25, 0.3) is 5.52 Å². The van der Waals surface area contributed by atoms with Gasteiger partial charge in [0, 0.05) is 29.0 Å². The number of carboxylic acids is 1. The summed E-state index contributed by atoms with van der Waals surface area (Å²) in [7, 11) is 1.54. The maximum atomic E-state index is 12.7. The maximum Gasteiger partial charge on any atom is 0.334 e. The van der Waals surface area contributed by atoms with Gasteiger partial charge in [0.2, 0.25) is 0 Å². The molecule has 2 N–H and O–H groups in total. The number of aromatic nitrogens is 2. The van der Waals surface area contributed by atoms with Gasteiger partial charge in [-0.25, -0.2) is 9.31 Å². The summed E-state index contributed by atoms with van der Waals surface area (Å²) in [5, 5.41) is 17.6. The third-order valence-corrected chi connectivity index (χ3v) is 6.00. The molecule has 9 heteroatoms. The molecule has 7 nitrogen and oxygen atoms in total. The van der Waals surface area contributed by atoms with Crippen LogP contribution < -0.4 is 10.1 Å². The predicted octanol–water partition coefficient (Wildman–Crippen LogP) is 3.55. The Labute approximate surface area is 175 Å². The van der Waals surface area contributed by atoms with E-state index >= 15 is 0 Å². The van der Waals surface area contributed by atoms with E-state index in [1.54, 1.807) is 53.2 Å². The van der Waals surface area contributed by atoms with E-state index in [4.69, 9.17) is 16.3 Å². The van der Waals surface area contributed by atoms with Crippen LogP contribution >= 0.6 is 23.4 Å². The molecule has 4 rings (SSSR count). The van der Waals surface area contributed by atoms with Gasteiger partial charge >= 0.3 is 5.97 Å². The van der Waals surface area contributed by atoms with Crippen LogP contribution in [0.4, 0.5) is 0 Å². The van der Waals surface area contributed by atoms with Crippen molar-refractivity contribution in [2.45, 2.75) is 5.92 Å². The lowest BCUT2D eigenvalue weighted by atomic mass is 9.93. The minimum absolute atomic E-state index is 0.159. The lowest BCUT2D eigenvalue weighted by Crippen LogP contribution is -2.24. The van der Waals surface area contributed by atoms with Gasteiger partial charge in [-0.3, -0.25) is 4.79 Å². The summed E-state index contributed by atoms with van der Waals surface area (Å²) in [6, 6.07) is 12.2. The number of halogens is 1. The number of methoxy groups -OCH3 is 1. The zero-order chi connectivity index (χ0) is 20.5. The summed E-state index contributed by atoms with van der Waals surface area (Å²) in [4.78, 5) is 24.7. The average Bonchev–Trinajstić information content (AvgIpc) is 3.32. The molecule has 3 aromatic rings. The van der Waals surface area contributed by atoms with Crippen LogP contribution in [0.5, 0.6) is 5.75 Å². The SMILES string of the molecule is COc1cccn2nc(C(=O)NC3=C(C(=O)O)C(c4ccc(Cl)cc4)CS3)cc12. The topological polar surface area (TPSA) is 92.9 Å². The molecule has 1 atom stereocenters. The smallest absolute Gasteiger partial charge is 0.334 e. The normalized spacial score (nSPS) is 16.3. The third kappa shape index (κ3) is 3.68. The lowest BCUT2D eigenvalue weighted by Gasteiger charge is -2.12. The van der Waals surface area contributed by atoms with Crippen LogP contribution in [-0.2, 0) is 4.79 Å². The van der Waals surface area contributed by atoms with Crippen LogP contribution in [0.15, 0.2) is 59.3 Å². The zero-order valence-electron chi connectivity index (χ0n) is 15.3. The van der Waals surface area contributed by atoms with Crippen molar-refractivity contribution < 1.29 is 19.4 Å². The van der Waals surface area contributed by atoms with Crippen molar-refractivity contribution in [1.29, 1.82) is 0 Å². The minimum atomic E-state index is -1.07. The van der Waals surface area contributed by atoms with Gasteiger partial charge in [-0.1, -0.05) is 23.7 Å². The van der Waals surface area contributed by atoms with E-state index in [0.717, 1.165) is 5.56 Å². The number of nitrogens with zero attached hydrogens (tertiary/aromatic N) is 2. The first-order chi connectivity index (χ1) is 14.0. The Hall–Kier alpha value is -2.97. The van der Waals surface area contributed by atoms with E-state index in [-0.39, 0.29) is 17.2 Å². The summed E-state index contributed by atoms with van der Waals surface area (Å²) >= 11 is 7.23. The highest BCUT2D eigenvalue weighted by Gasteiger charge is 2.33. The lowest BCUT2D eigenvalue weighted by molar-refractivity contribution is -0.132. The number of thioether (sulfide) groups is 1. The van der Waals surface area contributed by atoms with Crippen LogP contribution in [0.3, 0.4) is 0 Å². The molecule has 0 saturated carbocycles. The number of hydrogen-bond acceptors (Lipinski definition) is 5. The van der Waals surface area contributed by atoms with Gasteiger partial charge in [-0.05, 0) is 29.8 Å². The van der Waals surface area contributed by atoms with Crippen molar-refractivity contribution in [1.82, 2.24) is 14.9 Å². The Morgan fingerprint density at radius 3 is 2.76 bits per heavy atom. The van der Waals surface area contributed by atoms with E-state index in [0.29, 0.717) is 27.1 Å². The standard InChI is InChI=1S/C20H16ClN3O4S/c1-28-16-3-2-8-24-15(16)9-14(23-24)18(25)22-19-17(20(26)27)13(10-29-19)11-4-6-12(21)7-5-11/h2-9,13H,10H2,1H3,(H,22,25)(H,26,27). The second kappa shape index (κ2) is 7.81. The number of hydrogen-bond donors (Lipinski definition) is 2. The fourth-order valence-electron chi connectivity index (χ4n) is 3.23. The Morgan fingerprint density at radius 1 is 1.31 bits per heavy atom. The molecule has 1 unspecified atom stereocenters. The highest BCUT2D eigenvalue weighted by Crippen LogP contribution is 2.41. The summed E-state index contributed by atoms with van der Waals surface area (Å²) in [5.74, 6) is -0.790. The Bertz CT molecular complexity index is 1140. The zero-order valence-corrected chi connectivity index (χ0v) is 16.8. The number of aliphatic carboxylic acids is 1. The van der Waals surface area contributed by atoms with Crippen LogP contribution in [0.2, 0.25) is 5.02 Å². The van der Waals surface area contributed by atoms with Crippen molar-refractivity contribution in [3.8, 4) is 5.75 Å². The molecule has 2 aromatic heterocycles. The molecule has 0 bridgehead atoms. The van der Waals surface area contributed by atoms with Crippen LogP contribution in [0.1, 0.15) is 22.0 Å². The fraction of sp³-hybridized carbons (Fsp3) is 0.150. The van der Waals surface area contributed by atoms with Gasteiger partial charge in [0.25, 0.3) is 5.91 Å². The summed E-state index contributed by atoms with van der Waals surface area (Å²) in [6.07, 6.45) is 1.71. The number of amides is 1. The number of carbonyl (C=O) groups excluding carboxylic acids is 1. The summed E-state index contributed by atoms with van der Waals surface area (Å²) in [5.41, 5.74) is 1.81. The average molecular weight is 430 g/mol. The molecular formula is C20H16ClN3O4S. The highest BCUT2D eigenvalue weighted by atomic mass is 35.5. The Kier molecular flexibility index (Phi) is 5.21. The molecule has 29 heavy (non-hydrogen) atoms. The number of carboxylic acid groups (broad SMARTS) is 1. The van der Waals surface area contributed by atoms with Gasteiger partial charge in [-0.2, -0.15) is 5.10 Å². The maximum absolute atomic E-state index is 12.7. The number of pyridine rings is 1. The van der Waals surface area contributed by atoms with E-state index in [9.17, 15) is 14.7 Å². The molecule has 0 radical (unpaired) electrons. The van der Waals surface area contributed by atoms with Crippen molar-refractivity contribution in [3.63, 3.8) is 0 Å². The summed E-state index contributed by atoms with van der Waals surface area (Å²) in [6.45, 7) is 0. The van der Waals surface area contributed by atoms with E-state index in [1.165, 1.54) is 18.9 Å². The molecule has 148 valence electrons. The number of ether oxygens (including phenoxy) is 1. The number of nitrogens with one attached hydrogen (secondary N) is 1. The van der Waals surface area contributed by atoms with Crippen molar-refractivity contribution in [2.24, 2.45) is 0 Å². The van der Waals surface area contributed by atoms with Gasteiger partial charge in [0.1, 0.15) is 11.3 Å². The second-order valence-electron chi connectivity index (χ2n) is 6.35. The van der Waals surface area contributed by atoms with Gasteiger partial charge in [0.05, 0.1) is 17.7 Å². The third-order valence-electron chi connectivity index (χ3n) is 4.63. The van der Waals surface area contributed by atoms with Crippen molar-refractivity contribution in [2.75, 3.05) is 12.9 Å². The summed E-state index contributed by atoms with van der Waals surface area (Å²) < 4.78 is 6.82. The molecular weight excluding hydrogens is 414 g/mol. The first-order valence-electron chi connectivity index (χ1n) is 8.67. The minimum Gasteiger partial charge on any atom is -0.494 e. The van der Waals surface area contributed by atoms with Crippen molar-refractivity contribution in [3.05, 3.63) is 75.5 Å². The Balaban J connectivity index is 1.64. The van der Waals surface area contributed by atoms with Crippen LogP contribution in [-0.4, -0.2) is 39.5 Å². The molecule has 0 fully saturated rings. The van der Waals surface area contributed by atoms with E-state index < -0.39 is 11.9 Å². The molecule has 3 heterocycles. The van der Waals surface area contributed by atoms with Gasteiger partial charge < -0.3 is 15.2 Å². The second-order valence-corrected chi connectivity index (χ2v) is 7.82. The molecule has 1 aliphatic rings. The molecule has 1 amide bonds. The number of benzene rings is 1. The molecule has 0 saturated heterocycles. The fourth-order valence-corrected chi connectivity index (χ4v) is 4.60. The van der Waals surface area contributed by atoms with Gasteiger partial charge in [-0.15, -0.1) is 11.8 Å². The Morgan fingerprint density at radius 2 is 2.07 bits per heavy atom. The number of carbonyl (C=O) groups is 2. The molecule has 1 aliphatic heterocycles. The quantitative estimate of drug-likeness (QED) is 0.644. The van der Waals surface area contributed by atoms with Gasteiger partial charge in [0.15, 0.2) is 5.69 Å². The van der Waals surface area contributed by atoms with Crippen LogP contribution in [0, 0.1) is 0 Å². The molecule has 0 aliphatic carbocycles. The number of rotatable bonds is 5. The largest absolute Gasteiger partial charge is 0.494 e. The first kappa shape index (κ1) is 19.4. The first-order valence-corrected chi connectivity index (χ1v) is 10.0. The monoisotopic (exact) mass is 429 g/mol. The van der Waals surface area contributed by atoms with E-state index in [2.05, 4.69) is 10.4 Å². The molecule has 0 spiro atoms. The highest BCUT2D eigenvalue weighted by molar-refractivity contribution is 8.03.